The molecular formula is C17H23N3O2S. The number of pyridine rings is 1. The van der Waals surface area contributed by atoms with Crippen LogP contribution in [-0.2, 0) is 10.0 Å². The molecule has 0 fully saturated rings. The first-order chi connectivity index (χ1) is 10.9. The van der Waals surface area contributed by atoms with Gasteiger partial charge < -0.3 is 5.32 Å². The van der Waals surface area contributed by atoms with Gasteiger partial charge in [0.15, 0.2) is 0 Å². The molecule has 0 aliphatic carbocycles. The summed E-state index contributed by atoms with van der Waals surface area (Å²) in [5, 5.41) is 3.33. The molecule has 0 saturated heterocycles. The van der Waals surface area contributed by atoms with Crippen molar-refractivity contribution in [1.29, 1.82) is 0 Å². The third-order valence-corrected chi connectivity index (χ3v) is 4.82. The van der Waals surface area contributed by atoms with Crippen molar-refractivity contribution in [3.8, 4) is 0 Å². The third-order valence-electron chi connectivity index (χ3n) is 3.36. The van der Waals surface area contributed by atoms with Gasteiger partial charge in [-0.2, -0.15) is 0 Å². The number of anilines is 3. The minimum Gasteiger partial charge on any atom is -0.354 e. The number of rotatable bonds is 7. The van der Waals surface area contributed by atoms with Crippen LogP contribution in [0.25, 0.3) is 0 Å². The van der Waals surface area contributed by atoms with Crippen molar-refractivity contribution in [2.45, 2.75) is 33.1 Å². The highest BCUT2D eigenvalue weighted by atomic mass is 32.2. The number of hydrogen-bond acceptors (Lipinski definition) is 4. The molecule has 2 rings (SSSR count). The molecule has 6 heteroatoms. The van der Waals surface area contributed by atoms with Crippen LogP contribution in [0.2, 0.25) is 0 Å². The van der Waals surface area contributed by atoms with E-state index in [0.29, 0.717) is 18.2 Å². The molecule has 0 saturated carbocycles. The molecular weight excluding hydrogens is 310 g/mol. The fraction of sp³-hybridized carbons (Fsp3) is 0.353. The summed E-state index contributed by atoms with van der Waals surface area (Å²) in [6.45, 7) is 6.11. The van der Waals surface area contributed by atoms with Gasteiger partial charge in [0, 0.05) is 5.69 Å². The van der Waals surface area contributed by atoms with E-state index in [1.54, 1.807) is 12.3 Å². The first-order valence-electron chi connectivity index (χ1n) is 7.74. The van der Waals surface area contributed by atoms with Crippen LogP contribution < -0.4 is 10.0 Å². The third kappa shape index (κ3) is 4.96. The number of sulfonamides is 1. The van der Waals surface area contributed by atoms with E-state index in [2.05, 4.69) is 34.9 Å². The van der Waals surface area contributed by atoms with Crippen LogP contribution in [0.1, 0.15) is 38.7 Å². The number of benzene rings is 1. The van der Waals surface area contributed by atoms with Crippen molar-refractivity contribution < 1.29 is 8.42 Å². The van der Waals surface area contributed by atoms with Crippen molar-refractivity contribution in [1.82, 2.24) is 4.98 Å². The fourth-order valence-corrected chi connectivity index (χ4v) is 3.36. The van der Waals surface area contributed by atoms with Gasteiger partial charge in [0.2, 0.25) is 10.0 Å². The van der Waals surface area contributed by atoms with E-state index >= 15 is 0 Å². The molecule has 0 aliphatic heterocycles. The Hall–Kier alpha value is -2.08. The number of para-hydroxylation sites is 1. The summed E-state index contributed by atoms with van der Waals surface area (Å²) in [5.41, 5.74) is 3.07. The first kappa shape index (κ1) is 17.3. The van der Waals surface area contributed by atoms with E-state index in [4.69, 9.17) is 0 Å². The molecule has 2 aromatic rings. The van der Waals surface area contributed by atoms with Crippen LogP contribution in [0.4, 0.5) is 17.2 Å². The highest BCUT2D eigenvalue weighted by Gasteiger charge is 2.10. The van der Waals surface area contributed by atoms with Gasteiger partial charge in [-0.05, 0) is 36.1 Å². The van der Waals surface area contributed by atoms with Gasteiger partial charge in [0.1, 0.15) is 5.82 Å². The maximum absolute atomic E-state index is 11.7. The SMILES string of the molecule is CCCS(=O)(=O)Nc1ccc(Nc2ccccc2C(C)C)cn1. The summed E-state index contributed by atoms with van der Waals surface area (Å²) < 4.78 is 25.9. The van der Waals surface area contributed by atoms with E-state index in [1.165, 1.54) is 5.56 Å². The smallest absolute Gasteiger partial charge is 0.233 e. The predicted octanol–water partition coefficient (Wildman–Crippen LogP) is 4.10. The summed E-state index contributed by atoms with van der Waals surface area (Å²) in [6.07, 6.45) is 2.20. The lowest BCUT2D eigenvalue weighted by Gasteiger charge is -2.14. The molecule has 0 unspecified atom stereocenters. The minimum absolute atomic E-state index is 0.0937. The lowest BCUT2D eigenvalue weighted by molar-refractivity contribution is 0.599. The van der Waals surface area contributed by atoms with Crippen LogP contribution in [-0.4, -0.2) is 19.2 Å². The molecule has 124 valence electrons. The lowest BCUT2D eigenvalue weighted by Crippen LogP contribution is -2.16. The zero-order chi connectivity index (χ0) is 16.9. The Balaban J connectivity index is 2.12. The molecule has 0 bridgehead atoms. The van der Waals surface area contributed by atoms with Crippen LogP contribution >= 0.6 is 0 Å². The minimum atomic E-state index is -3.31. The number of nitrogens with one attached hydrogen (secondary N) is 2. The summed E-state index contributed by atoms with van der Waals surface area (Å²) in [5.74, 6) is 0.837. The Morgan fingerprint density at radius 1 is 1.13 bits per heavy atom. The van der Waals surface area contributed by atoms with Gasteiger partial charge in [0.25, 0.3) is 0 Å². The van der Waals surface area contributed by atoms with Crippen molar-refractivity contribution in [3.63, 3.8) is 0 Å². The molecule has 2 N–H and O–H groups in total. The zero-order valence-electron chi connectivity index (χ0n) is 13.7. The average molecular weight is 333 g/mol. The zero-order valence-corrected chi connectivity index (χ0v) is 14.5. The molecule has 0 amide bonds. The Bertz CT molecular complexity index is 741. The molecule has 0 spiro atoms. The summed E-state index contributed by atoms with van der Waals surface area (Å²) in [4.78, 5) is 4.16. The second-order valence-corrected chi connectivity index (χ2v) is 7.56. The molecule has 23 heavy (non-hydrogen) atoms. The second kappa shape index (κ2) is 7.46. The normalized spacial score (nSPS) is 11.5. The maximum Gasteiger partial charge on any atom is 0.233 e. The van der Waals surface area contributed by atoms with Crippen LogP contribution in [0.3, 0.4) is 0 Å². The van der Waals surface area contributed by atoms with Crippen molar-refractivity contribution in [2.24, 2.45) is 0 Å². The Morgan fingerprint density at radius 2 is 1.87 bits per heavy atom. The average Bonchev–Trinajstić information content (AvgIpc) is 2.49. The van der Waals surface area contributed by atoms with Crippen molar-refractivity contribution >= 4 is 27.2 Å². The second-order valence-electron chi connectivity index (χ2n) is 5.72. The molecule has 0 aliphatic rings. The van der Waals surface area contributed by atoms with E-state index < -0.39 is 10.0 Å². The molecule has 1 aromatic carbocycles. The van der Waals surface area contributed by atoms with Gasteiger partial charge in [-0.15, -0.1) is 0 Å². The van der Waals surface area contributed by atoms with E-state index in [-0.39, 0.29) is 5.75 Å². The van der Waals surface area contributed by atoms with Crippen molar-refractivity contribution in [2.75, 3.05) is 15.8 Å². The molecule has 0 atom stereocenters. The highest BCUT2D eigenvalue weighted by molar-refractivity contribution is 7.92. The van der Waals surface area contributed by atoms with Gasteiger partial charge in [0.05, 0.1) is 17.6 Å². The number of aromatic nitrogens is 1. The summed E-state index contributed by atoms with van der Waals surface area (Å²) in [7, 11) is -3.31. The Kier molecular flexibility index (Phi) is 5.60. The molecule has 1 heterocycles. The van der Waals surface area contributed by atoms with Gasteiger partial charge in [-0.1, -0.05) is 39.0 Å². The summed E-state index contributed by atoms with van der Waals surface area (Å²) in [6, 6.07) is 11.6. The number of nitrogens with zero attached hydrogens (tertiary/aromatic N) is 1. The standard InChI is InChI=1S/C17H23N3O2S/c1-4-11-23(21,22)20-17-10-9-14(12-18-17)19-16-8-6-5-7-15(16)13(2)3/h5-10,12-13,19H,4,11H2,1-3H3,(H,18,20). The topological polar surface area (TPSA) is 71.1 Å². The van der Waals surface area contributed by atoms with Crippen LogP contribution in [0, 0.1) is 0 Å². The summed E-state index contributed by atoms with van der Waals surface area (Å²) >= 11 is 0. The monoisotopic (exact) mass is 333 g/mol. The highest BCUT2D eigenvalue weighted by Crippen LogP contribution is 2.26. The van der Waals surface area contributed by atoms with Gasteiger partial charge in [-0.3, -0.25) is 4.72 Å². The van der Waals surface area contributed by atoms with E-state index in [1.807, 2.05) is 31.2 Å². The van der Waals surface area contributed by atoms with Gasteiger partial charge in [-0.25, -0.2) is 13.4 Å². The van der Waals surface area contributed by atoms with Crippen LogP contribution in [0.15, 0.2) is 42.6 Å². The maximum atomic E-state index is 11.7. The van der Waals surface area contributed by atoms with E-state index in [9.17, 15) is 8.42 Å². The lowest BCUT2D eigenvalue weighted by atomic mass is 10.0. The fourth-order valence-electron chi connectivity index (χ4n) is 2.28. The predicted molar refractivity (Wildman–Crippen MR) is 95.8 cm³/mol. The van der Waals surface area contributed by atoms with Gasteiger partial charge >= 0.3 is 0 Å². The quantitative estimate of drug-likeness (QED) is 0.800. The molecule has 5 nitrogen and oxygen atoms in total. The number of hydrogen-bond donors (Lipinski definition) is 2. The van der Waals surface area contributed by atoms with Crippen LogP contribution in [0.5, 0.6) is 0 Å². The van der Waals surface area contributed by atoms with E-state index in [0.717, 1.165) is 11.4 Å². The molecule has 0 radical (unpaired) electrons. The first-order valence-corrected chi connectivity index (χ1v) is 9.39. The Morgan fingerprint density at radius 3 is 2.48 bits per heavy atom. The Labute approximate surface area is 138 Å². The molecule has 1 aromatic heterocycles. The van der Waals surface area contributed by atoms with Crippen molar-refractivity contribution in [3.05, 3.63) is 48.2 Å². The largest absolute Gasteiger partial charge is 0.354 e.